The minimum absolute atomic E-state index is 0.0287. The number of aromatic nitrogens is 3. The summed E-state index contributed by atoms with van der Waals surface area (Å²) in [6.07, 6.45) is -3.07. The second kappa shape index (κ2) is 17.0. The summed E-state index contributed by atoms with van der Waals surface area (Å²) in [5.41, 5.74) is 1.85. The molecule has 2 fully saturated rings. The number of aliphatic hydroxyl groups excluding tert-OH is 4. The number of rotatable bonds is 15. The first-order chi connectivity index (χ1) is 23.6. The van der Waals surface area contributed by atoms with Crippen LogP contribution in [0.4, 0.5) is 0 Å². The van der Waals surface area contributed by atoms with Gasteiger partial charge < -0.3 is 55.5 Å². The van der Waals surface area contributed by atoms with Crippen LogP contribution in [0, 0.1) is 13.8 Å². The number of aliphatic hydroxyl groups is 4. The van der Waals surface area contributed by atoms with Crippen molar-refractivity contribution in [2.24, 2.45) is 0 Å². The number of hydrogen-bond donors (Lipinski definition) is 8. The number of hydrogen-bond acceptors (Lipinski definition) is 13. The lowest BCUT2D eigenvalue weighted by Crippen LogP contribution is -2.68. The zero-order chi connectivity index (χ0) is 36.7. The molecule has 1 saturated heterocycles. The van der Waals surface area contributed by atoms with Gasteiger partial charge in [-0.3, -0.25) is 9.59 Å². The van der Waals surface area contributed by atoms with Gasteiger partial charge in [-0.15, -0.1) is 5.10 Å². The van der Waals surface area contributed by atoms with Gasteiger partial charge in [0.2, 0.25) is 5.91 Å². The Morgan fingerprint density at radius 3 is 2.38 bits per heavy atom. The third kappa shape index (κ3) is 9.34. The van der Waals surface area contributed by atoms with E-state index >= 15 is 0 Å². The number of aryl methyl sites for hydroxylation is 2. The molecule has 1 aromatic carbocycles. The Morgan fingerprint density at radius 2 is 1.78 bits per heavy atom. The number of nitrogens with one attached hydrogen (secondary N) is 2. The summed E-state index contributed by atoms with van der Waals surface area (Å²) in [4.78, 5) is 38.7. The Hall–Kier alpha value is -3.71. The fraction of sp³-hybridized carbons (Fsp3) is 0.667. The van der Waals surface area contributed by atoms with Crippen LogP contribution in [-0.4, -0.2) is 132 Å². The van der Waals surface area contributed by atoms with E-state index in [0.717, 1.165) is 37.8 Å². The fourth-order valence-corrected chi connectivity index (χ4v) is 6.42. The van der Waals surface area contributed by atoms with Crippen molar-refractivity contribution in [1.82, 2.24) is 25.6 Å². The number of phenols is 1. The zero-order valence-electron chi connectivity index (χ0n) is 28.7. The largest absolute Gasteiger partial charge is 0.507 e. The molecule has 8 atom stereocenters. The van der Waals surface area contributed by atoms with Gasteiger partial charge in [-0.1, -0.05) is 24.5 Å². The highest BCUT2D eigenvalue weighted by atomic mass is 16.7. The Bertz CT molecular complexity index is 1460. The predicted octanol–water partition coefficient (Wildman–Crippen LogP) is -0.372. The number of aliphatic carboxylic acids is 1. The molecule has 50 heavy (non-hydrogen) atoms. The number of phenolic OH excluding ortho intramolecular Hbond substituents is 1. The summed E-state index contributed by atoms with van der Waals surface area (Å²) in [5, 5.41) is 77.2. The molecule has 17 heteroatoms. The monoisotopic (exact) mass is 707 g/mol. The zero-order valence-corrected chi connectivity index (χ0v) is 28.7. The molecule has 1 aromatic heterocycles. The topological polar surface area (TPSA) is 255 Å². The fourth-order valence-electron chi connectivity index (χ4n) is 6.42. The Labute approximate surface area is 289 Å². The van der Waals surface area contributed by atoms with Gasteiger partial charge in [0.05, 0.1) is 36.7 Å². The lowest BCUT2D eigenvalue weighted by atomic mass is 9.87. The number of aromatic hydroxyl groups is 1. The summed E-state index contributed by atoms with van der Waals surface area (Å²) < 4.78 is 17.9. The van der Waals surface area contributed by atoms with Gasteiger partial charge in [0.25, 0.3) is 11.7 Å². The van der Waals surface area contributed by atoms with Crippen LogP contribution in [0.3, 0.4) is 0 Å². The third-order valence-electron chi connectivity index (χ3n) is 9.39. The molecule has 0 bridgehead atoms. The van der Waals surface area contributed by atoms with Gasteiger partial charge in [-0.2, -0.15) is 0 Å². The number of methoxy groups -OCH3 is 1. The number of nitrogens with zero attached hydrogens (tertiary/aromatic N) is 3. The molecular formula is C33H49N5O12. The smallest absolute Gasteiger partial charge is 0.364 e. The molecule has 2 aliphatic rings. The molecule has 8 N–H and O–H groups in total. The molecular weight excluding hydrogens is 658 g/mol. The molecule has 0 spiro atoms. The number of carbonyl (C=O) groups is 3. The standard InChI is InChI=1S/C33H49N5O12/c1-17-10-21(11-18(2)28(17)43)31(45)34-13-24(41)29(44)30-27(23(40)12-33(50-30,32(46)47)49-16-25(48-4)19(3)39)35-26(42)15-38-14-22(36-37-38)20-8-6-5-7-9-20/h10-11,14,19-20,23-25,27,29-30,39-41,43-44H,5-9,12-13,15-16H2,1-4H3,(H,34,45)(H,35,42)(H,46,47)/t19-,23?,24-,25?,27-,29-,30?,33-/m1/s1. The SMILES string of the molecule is COC(CO[C@]1(C(=O)O)CC(O)[C@@H](NC(=O)Cn2cc(C3CCCCC3)nn2)C([C@H](O)[C@H](O)CNC(=O)c2cc(C)c(O)c(C)c2)O1)[C@@H](C)O. The van der Waals surface area contributed by atoms with Gasteiger partial charge in [0.1, 0.15) is 30.6 Å². The van der Waals surface area contributed by atoms with Crippen molar-refractivity contribution in [3.05, 3.63) is 40.7 Å². The highest BCUT2D eigenvalue weighted by Gasteiger charge is 2.56. The van der Waals surface area contributed by atoms with E-state index in [9.17, 15) is 45.0 Å². The summed E-state index contributed by atoms with van der Waals surface area (Å²) in [5.74, 6) is -5.31. The third-order valence-corrected chi connectivity index (χ3v) is 9.39. The molecule has 3 unspecified atom stereocenters. The van der Waals surface area contributed by atoms with Crippen LogP contribution < -0.4 is 10.6 Å². The average Bonchev–Trinajstić information content (AvgIpc) is 3.55. The molecule has 1 aliphatic heterocycles. The maximum atomic E-state index is 13.2. The molecule has 2 heterocycles. The normalized spacial score (nSPS) is 25.3. The van der Waals surface area contributed by atoms with Crippen molar-refractivity contribution >= 4 is 17.8 Å². The minimum atomic E-state index is -2.59. The van der Waals surface area contributed by atoms with Crippen LogP contribution in [0.25, 0.3) is 0 Å². The van der Waals surface area contributed by atoms with Crippen LogP contribution in [0.5, 0.6) is 5.75 Å². The van der Waals surface area contributed by atoms with Gasteiger partial charge >= 0.3 is 5.97 Å². The molecule has 2 aromatic rings. The number of ether oxygens (including phenoxy) is 3. The van der Waals surface area contributed by atoms with E-state index in [4.69, 9.17) is 14.2 Å². The molecule has 1 saturated carbocycles. The number of carbonyl (C=O) groups excluding carboxylic acids is 2. The maximum Gasteiger partial charge on any atom is 0.364 e. The van der Waals surface area contributed by atoms with Gasteiger partial charge in [-0.25, -0.2) is 9.48 Å². The van der Waals surface area contributed by atoms with E-state index in [1.807, 2.05) is 0 Å². The highest BCUT2D eigenvalue weighted by molar-refractivity contribution is 5.94. The minimum Gasteiger partial charge on any atom is -0.507 e. The van der Waals surface area contributed by atoms with Crippen molar-refractivity contribution in [1.29, 1.82) is 0 Å². The molecule has 17 nitrogen and oxygen atoms in total. The second-order valence-electron chi connectivity index (χ2n) is 13.2. The predicted molar refractivity (Wildman–Crippen MR) is 174 cm³/mol. The van der Waals surface area contributed by atoms with E-state index < -0.39 is 85.8 Å². The average molecular weight is 708 g/mol. The summed E-state index contributed by atoms with van der Waals surface area (Å²) in [6.45, 7) is 3.27. The summed E-state index contributed by atoms with van der Waals surface area (Å²) >= 11 is 0. The first kappa shape index (κ1) is 39.1. The van der Waals surface area contributed by atoms with Crippen LogP contribution in [-0.2, 0) is 30.3 Å². The van der Waals surface area contributed by atoms with Gasteiger partial charge in [0.15, 0.2) is 0 Å². The van der Waals surface area contributed by atoms with Crippen molar-refractivity contribution < 1.29 is 59.2 Å². The van der Waals surface area contributed by atoms with E-state index in [-0.39, 0.29) is 23.8 Å². The summed E-state index contributed by atoms with van der Waals surface area (Å²) in [6, 6.07) is 1.43. The van der Waals surface area contributed by atoms with Crippen molar-refractivity contribution in [2.45, 2.75) is 120 Å². The van der Waals surface area contributed by atoms with Crippen LogP contribution in [0.1, 0.15) is 78.5 Å². The van der Waals surface area contributed by atoms with Crippen LogP contribution >= 0.6 is 0 Å². The van der Waals surface area contributed by atoms with Gasteiger partial charge in [-0.05, 0) is 56.9 Å². The number of carboxylic acid groups (broad SMARTS) is 1. The van der Waals surface area contributed by atoms with Crippen LogP contribution in [0.2, 0.25) is 0 Å². The Kier molecular flexibility index (Phi) is 13.3. The molecule has 1 aliphatic carbocycles. The highest BCUT2D eigenvalue weighted by Crippen LogP contribution is 2.34. The molecule has 278 valence electrons. The number of carboxylic acids is 1. The Morgan fingerprint density at radius 1 is 1.12 bits per heavy atom. The number of benzene rings is 1. The molecule has 4 rings (SSSR count). The molecule has 2 amide bonds. The second-order valence-corrected chi connectivity index (χ2v) is 13.2. The lowest BCUT2D eigenvalue weighted by molar-refractivity contribution is -0.316. The lowest BCUT2D eigenvalue weighted by Gasteiger charge is -2.47. The summed E-state index contributed by atoms with van der Waals surface area (Å²) in [7, 11) is 1.28. The number of amides is 2. The maximum absolute atomic E-state index is 13.2. The quantitative estimate of drug-likeness (QED) is 0.118. The van der Waals surface area contributed by atoms with E-state index in [1.54, 1.807) is 20.0 Å². The van der Waals surface area contributed by atoms with E-state index in [0.29, 0.717) is 11.1 Å². The van der Waals surface area contributed by atoms with Crippen molar-refractivity contribution in [2.75, 3.05) is 20.3 Å². The van der Waals surface area contributed by atoms with Gasteiger partial charge in [0, 0.05) is 37.8 Å². The van der Waals surface area contributed by atoms with E-state index in [2.05, 4.69) is 20.9 Å². The van der Waals surface area contributed by atoms with Crippen molar-refractivity contribution in [3.8, 4) is 5.75 Å². The first-order valence-electron chi connectivity index (χ1n) is 16.7. The first-order valence-corrected chi connectivity index (χ1v) is 16.7. The van der Waals surface area contributed by atoms with E-state index in [1.165, 1.54) is 30.8 Å². The Balaban J connectivity index is 1.53. The van der Waals surface area contributed by atoms with Crippen molar-refractivity contribution in [3.63, 3.8) is 0 Å². The molecule has 0 radical (unpaired) electrons. The van der Waals surface area contributed by atoms with Crippen LogP contribution in [0.15, 0.2) is 18.3 Å².